The van der Waals surface area contributed by atoms with Crippen molar-refractivity contribution in [2.24, 2.45) is 5.92 Å². The van der Waals surface area contributed by atoms with Crippen LogP contribution in [0.3, 0.4) is 0 Å². The van der Waals surface area contributed by atoms with Gasteiger partial charge in [-0.2, -0.15) is 0 Å². The maximum Gasteiger partial charge on any atom is 0.261 e. The Kier molecular flexibility index (Phi) is 6.61. The minimum atomic E-state index is -0.369. The summed E-state index contributed by atoms with van der Waals surface area (Å²) < 4.78 is 0. The Morgan fingerprint density at radius 2 is 1.57 bits per heavy atom. The van der Waals surface area contributed by atoms with Gasteiger partial charge in [0.2, 0.25) is 5.91 Å². The number of nitrogens with one attached hydrogen (secondary N) is 2. The number of hydrogen-bond donors (Lipinski definition) is 2. The Hall–Kier alpha value is -3.48. The molecule has 0 bridgehead atoms. The van der Waals surface area contributed by atoms with E-state index in [4.69, 9.17) is 0 Å². The summed E-state index contributed by atoms with van der Waals surface area (Å²) in [6, 6.07) is 13.9. The van der Waals surface area contributed by atoms with Crippen LogP contribution in [0.4, 0.5) is 0 Å². The van der Waals surface area contributed by atoms with Gasteiger partial charge in [0, 0.05) is 25.2 Å². The lowest BCUT2D eigenvalue weighted by Gasteiger charge is -2.15. The van der Waals surface area contributed by atoms with E-state index in [1.54, 1.807) is 0 Å². The highest BCUT2D eigenvalue weighted by atomic mass is 16.2. The number of imide groups is 1. The first-order chi connectivity index (χ1) is 14.4. The third-order valence-corrected chi connectivity index (χ3v) is 4.72. The highest BCUT2D eigenvalue weighted by Gasteiger charge is 2.36. The van der Waals surface area contributed by atoms with Crippen molar-refractivity contribution in [3.05, 3.63) is 70.8 Å². The predicted octanol–water partition coefficient (Wildman–Crippen LogP) is 2.03. The van der Waals surface area contributed by atoms with Crippen LogP contribution in [0, 0.1) is 5.92 Å². The van der Waals surface area contributed by atoms with Gasteiger partial charge in [-0.3, -0.25) is 24.1 Å². The van der Waals surface area contributed by atoms with Gasteiger partial charge in [0.25, 0.3) is 17.7 Å². The first kappa shape index (κ1) is 21.2. The molecule has 2 N–H and O–H groups in total. The molecular formula is C23H25N3O4. The maximum atomic E-state index is 12.5. The molecule has 7 nitrogen and oxygen atoms in total. The Bertz CT molecular complexity index is 970. The van der Waals surface area contributed by atoms with Crippen LogP contribution in [0.1, 0.15) is 50.5 Å². The molecule has 0 atom stereocenters. The number of carbonyl (C=O) groups is 4. The second-order valence-corrected chi connectivity index (χ2v) is 7.64. The number of hydrogen-bond acceptors (Lipinski definition) is 4. The van der Waals surface area contributed by atoms with Crippen molar-refractivity contribution in [3.63, 3.8) is 0 Å². The Morgan fingerprint density at radius 3 is 2.27 bits per heavy atom. The van der Waals surface area contributed by atoms with Crippen molar-refractivity contribution in [1.82, 2.24) is 15.5 Å². The molecular weight excluding hydrogens is 382 g/mol. The third kappa shape index (κ3) is 4.92. The summed E-state index contributed by atoms with van der Waals surface area (Å²) in [4.78, 5) is 50.5. The molecule has 4 amide bonds. The fraction of sp³-hybridized carbons (Fsp3) is 0.304. The summed E-state index contributed by atoms with van der Waals surface area (Å²) in [5.41, 5.74) is 1.80. The summed E-state index contributed by atoms with van der Waals surface area (Å²) in [5.74, 6) is -1.02. The molecule has 30 heavy (non-hydrogen) atoms. The number of nitrogens with zero attached hydrogens (tertiary/aromatic N) is 1. The zero-order valence-corrected chi connectivity index (χ0v) is 17.1. The number of carbonyl (C=O) groups excluding carboxylic acids is 4. The lowest BCUT2D eigenvalue weighted by Crippen LogP contribution is -2.35. The first-order valence-corrected chi connectivity index (χ1v) is 9.96. The minimum Gasteiger partial charge on any atom is -0.354 e. The van der Waals surface area contributed by atoms with Gasteiger partial charge in [0.1, 0.15) is 0 Å². The molecule has 0 fully saturated rings. The van der Waals surface area contributed by atoms with Crippen LogP contribution in [0.15, 0.2) is 48.5 Å². The van der Waals surface area contributed by atoms with Gasteiger partial charge in [0.15, 0.2) is 0 Å². The van der Waals surface area contributed by atoms with Crippen LogP contribution < -0.4 is 10.6 Å². The summed E-state index contributed by atoms with van der Waals surface area (Å²) in [6.45, 7) is 4.75. The van der Waals surface area contributed by atoms with E-state index >= 15 is 0 Å². The molecule has 0 unspecified atom stereocenters. The van der Waals surface area contributed by atoms with Gasteiger partial charge >= 0.3 is 0 Å². The molecule has 7 heteroatoms. The summed E-state index contributed by atoms with van der Waals surface area (Å²) in [7, 11) is 0. The topological polar surface area (TPSA) is 95.6 Å². The van der Waals surface area contributed by atoms with Crippen LogP contribution in [0.2, 0.25) is 0 Å². The molecule has 1 heterocycles. The van der Waals surface area contributed by atoms with Crippen LogP contribution in [0.5, 0.6) is 0 Å². The number of amides is 4. The van der Waals surface area contributed by atoms with E-state index in [1.807, 2.05) is 44.2 Å². The Morgan fingerprint density at radius 1 is 0.900 bits per heavy atom. The predicted molar refractivity (Wildman–Crippen MR) is 112 cm³/mol. The van der Waals surface area contributed by atoms with Gasteiger partial charge in [-0.1, -0.05) is 44.2 Å². The number of rotatable bonds is 8. The second kappa shape index (κ2) is 9.35. The van der Waals surface area contributed by atoms with E-state index < -0.39 is 0 Å². The van der Waals surface area contributed by atoms with Crippen molar-refractivity contribution in [3.8, 4) is 0 Å². The van der Waals surface area contributed by atoms with Crippen molar-refractivity contribution >= 4 is 23.6 Å². The SMILES string of the molecule is CC(C)CN1C(=O)c2ccc(C(=O)NCCNC(=O)Cc3ccccc3)cc2C1=O. The van der Waals surface area contributed by atoms with Gasteiger partial charge < -0.3 is 10.6 Å². The second-order valence-electron chi connectivity index (χ2n) is 7.64. The van der Waals surface area contributed by atoms with Crippen molar-refractivity contribution in [2.75, 3.05) is 19.6 Å². The fourth-order valence-electron chi connectivity index (χ4n) is 3.29. The zero-order valence-electron chi connectivity index (χ0n) is 17.1. The Balaban J connectivity index is 1.51. The maximum absolute atomic E-state index is 12.5. The monoisotopic (exact) mass is 407 g/mol. The number of fused-ring (bicyclic) bond motifs is 1. The molecule has 0 saturated carbocycles. The fourth-order valence-corrected chi connectivity index (χ4v) is 3.29. The van der Waals surface area contributed by atoms with E-state index in [1.165, 1.54) is 23.1 Å². The molecule has 2 aromatic rings. The Labute approximate surface area is 175 Å². The molecule has 0 spiro atoms. The highest BCUT2D eigenvalue weighted by molar-refractivity contribution is 6.22. The minimum absolute atomic E-state index is 0.123. The van der Waals surface area contributed by atoms with Gasteiger partial charge in [-0.05, 0) is 29.7 Å². The van der Waals surface area contributed by atoms with Crippen LogP contribution in [-0.4, -0.2) is 48.2 Å². The molecule has 3 rings (SSSR count). The first-order valence-electron chi connectivity index (χ1n) is 9.96. The lowest BCUT2D eigenvalue weighted by atomic mass is 10.1. The molecule has 0 saturated heterocycles. The average molecular weight is 407 g/mol. The standard InChI is InChI=1S/C23H25N3O4/c1-15(2)14-26-22(29)18-9-8-17(13-19(18)23(26)30)21(28)25-11-10-24-20(27)12-16-6-4-3-5-7-16/h3-9,13,15H,10-12,14H2,1-2H3,(H,24,27)(H,25,28). The van der Waals surface area contributed by atoms with E-state index in [0.717, 1.165) is 5.56 Å². The smallest absolute Gasteiger partial charge is 0.261 e. The normalized spacial score (nSPS) is 12.8. The van der Waals surface area contributed by atoms with E-state index in [-0.39, 0.29) is 48.1 Å². The third-order valence-electron chi connectivity index (χ3n) is 4.72. The summed E-state index contributed by atoms with van der Waals surface area (Å²) >= 11 is 0. The van der Waals surface area contributed by atoms with Crippen LogP contribution >= 0.6 is 0 Å². The largest absolute Gasteiger partial charge is 0.354 e. The van der Waals surface area contributed by atoms with Crippen LogP contribution in [0.25, 0.3) is 0 Å². The van der Waals surface area contributed by atoms with Gasteiger partial charge in [-0.15, -0.1) is 0 Å². The summed E-state index contributed by atoms with van der Waals surface area (Å²) in [6.07, 6.45) is 0.280. The van der Waals surface area contributed by atoms with Gasteiger partial charge in [0.05, 0.1) is 17.5 Å². The highest BCUT2D eigenvalue weighted by Crippen LogP contribution is 2.24. The molecule has 156 valence electrons. The van der Waals surface area contributed by atoms with E-state index in [9.17, 15) is 19.2 Å². The molecule has 1 aliphatic heterocycles. The average Bonchev–Trinajstić information content (AvgIpc) is 2.96. The zero-order chi connectivity index (χ0) is 21.7. The van der Waals surface area contributed by atoms with Gasteiger partial charge in [-0.25, -0.2) is 0 Å². The van der Waals surface area contributed by atoms with Crippen molar-refractivity contribution in [2.45, 2.75) is 20.3 Å². The molecule has 2 aromatic carbocycles. The quantitative estimate of drug-likeness (QED) is 0.517. The van der Waals surface area contributed by atoms with E-state index in [2.05, 4.69) is 10.6 Å². The van der Waals surface area contributed by atoms with Crippen molar-refractivity contribution in [1.29, 1.82) is 0 Å². The molecule has 0 aromatic heterocycles. The van der Waals surface area contributed by atoms with Crippen molar-refractivity contribution < 1.29 is 19.2 Å². The molecule has 0 aliphatic carbocycles. The molecule has 1 aliphatic rings. The molecule has 0 radical (unpaired) electrons. The summed E-state index contributed by atoms with van der Waals surface area (Å²) in [5, 5.41) is 5.47. The lowest BCUT2D eigenvalue weighted by molar-refractivity contribution is -0.120. The number of benzene rings is 2. The van der Waals surface area contributed by atoms with E-state index in [0.29, 0.717) is 24.2 Å². The van der Waals surface area contributed by atoms with Crippen LogP contribution in [-0.2, 0) is 11.2 Å².